The van der Waals surface area contributed by atoms with Crippen LogP contribution in [0.15, 0.2) is 53.1 Å². The first-order chi connectivity index (χ1) is 12.7. The fourth-order valence-electron chi connectivity index (χ4n) is 3.36. The molecule has 0 unspecified atom stereocenters. The molecule has 1 aromatic heterocycles. The normalized spacial score (nSPS) is 16.1. The van der Waals surface area contributed by atoms with E-state index in [-0.39, 0.29) is 6.04 Å². The number of nitrogens with one attached hydrogen (secondary N) is 3. The average molecular weight is 357 g/mol. The van der Waals surface area contributed by atoms with E-state index in [9.17, 15) is 9.59 Å². The summed E-state index contributed by atoms with van der Waals surface area (Å²) in [5.74, 6) is -0.427. The van der Waals surface area contributed by atoms with Crippen molar-refractivity contribution in [3.63, 3.8) is 0 Å². The molecule has 0 bridgehead atoms. The van der Waals surface area contributed by atoms with Gasteiger partial charge in [-0.2, -0.15) is 0 Å². The number of piperazine rings is 1. The number of quaternary nitrogens is 1. The smallest absolute Gasteiger partial charge is 0.309 e. The van der Waals surface area contributed by atoms with Crippen LogP contribution >= 0.6 is 0 Å². The second-order valence-corrected chi connectivity index (χ2v) is 6.34. The monoisotopic (exact) mass is 357 g/mol. The number of anilines is 1. The Morgan fingerprint density at radius 1 is 1.12 bits per heavy atom. The molecule has 2 aromatic rings. The summed E-state index contributed by atoms with van der Waals surface area (Å²) in [4.78, 5) is 26.9. The molecule has 0 spiro atoms. The zero-order chi connectivity index (χ0) is 18.4. The van der Waals surface area contributed by atoms with Gasteiger partial charge in [-0.1, -0.05) is 18.2 Å². The van der Waals surface area contributed by atoms with E-state index in [1.807, 2.05) is 18.2 Å². The number of carbonyl (C=O) groups is 2. The minimum Gasteiger partial charge on any atom is -0.463 e. The van der Waals surface area contributed by atoms with Gasteiger partial charge in [0.25, 0.3) is 0 Å². The predicted octanol–water partition coefficient (Wildman–Crippen LogP) is -0.412. The van der Waals surface area contributed by atoms with Crippen LogP contribution in [0.4, 0.5) is 5.69 Å². The summed E-state index contributed by atoms with van der Waals surface area (Å²) in [5.41, 5.74) is 1.23. The van der Waals surface area contributed by atoms with Gasteiger partial charge in [0, 0.05) is 12.7 Å². The Hall–Kier alpha value is -2.80. The number of para-hydroxylation sites is 1. The number of hydrogen-bond acceptors (Lipinski definition) is 4. The number of likely N-dealkylation sites (N-methyl/N-ethyl adjacent to an activating group) is 1. The molecule has 138 valence electrons. The van der Waals surface area contributed by atoms with Gasteiger partial charge in [-0.3, -0.25) is 9.59 Å². The SMILES string of the molecule is CNC(=O)C(=O)NC[C@H](c1ccco1)[NH+]1CCN(c2ccccc2)CC1. The molecule has 1 saturated heterocycles. The third kappa shape index (κ3) is 4.23. The Morgan fingerprint density at radius 2 is 1.85 bits per heavy atom. The maximum atomic E-state index is 11.8. The van der Waals surface area contributed by atoms with Crippen molar-refractivity contribution in [1.29, 1.82) is 0 Å². The van der Waals surface area contributed by atoms with E-state index < -0.39 is 11.8 Å². The molecule has 3 rings (SSSR count). The highest BCUT2D eigenvalue weighted by Crippen LogP contribution is 2.14. The lowest BCUT2D eigenvalue weighted by Gasteiger charge is -2.37. The lowest BCUT2D eigenvalue weighted by molar-refractivity contribution is -0.932. The fraction of sp³-hybridized carbons (Fsp3) is 0.368. The van der Waals surface area contributed by atoms with Gasteiger partial charge < -0.3 is 24.9 Å². The number of furan rings is 1. The average Bonchev–Trinajstić information content (AvgIpc) is 3.23. The maximum absolute atomic E-state index is 11.8. The van der Waals surface area contributed by atoms with Crippen molar-refractivity contribution in [2.45, 2.75) is 6.04 Å². The van der Waals surface area contributed by atoms with Gasteiger partial charge >= 0.3 is 11.8 Å². The van der Waals surface area contributed by atoms with Crippen molar-refractivity contribution < 1.29 is 18.9 Å². The molecule has 1 aromatic carbocycles. The number of benzene rings is 1. The number of carbonyl (C=O) groups excluding carboxylic acids is 2. The van der Waals surface area contributed by atoms with Gasteiger partial charge in [-0.25, -0.2) is 0 Å². The van der Waals surface area contributed by atoms with Gasteiger partial charge in [0.15, 0.2) is 11.8 Å². The van der Waals surface area contributed by atoms with E-state index in [4.69, 9.17) is 4.42 Å². The summed E-state index contributed by atoms with van der Waals surface area (Å²) in [7, 11) is 1.44. The second kappa shape index (κ2) is 8.53. The molecule has 26 heavy (non-hydrogen) atoms. The molecular weight excluding hydrogens is 332 g/mol. The minimum absolute atomic E-state index is 0.0171. The van der Waals surface area contributed by atoms with Crippen LogP contribution in [0.5, 0.6) is 0 Å². The minimum atomic E-state index is -0.632. The molecule has 2 heterocycles. The molecule has 7 nitrogen and oxygen atoms in total. The Labute approximate surface area is 153 Å². The van der Waals surface area contributed by atoms with E-state index in [0.717, 1.165) is 31.9 Å². The largest absolute Gasteiger partial charge is 0.463 e. The van der Waals surface area contributed by atoms with Crippen molar-refractivity contribution in [2.75, 3.05) is 44.7 Å². The van der Waals surface area contributed by atoms with Gasteiger partial charge in [0.1, 0.15) is 0 Å². The van der Waals surface area contributed by atoms with Crippen molar-refractivity contribution in [2.24, 2.45) is 0 Å². The maximum Gasteiger partial charge on any atom is 0.309 e. The Balaban J connectivity index is 1.63. The highest BCUT2D eigenvalue weighted by atomic mass is 16.3. The third-order valence-electron chi connectivity index (χ3n) is 4.81. The molecule has 0 aliphatic carbocycles. The number of nitrogens with zero attached hydrogens (tertiary/aromatic N) is 1. The summed E-state index contributed by atoms with van der Waals surface area (Å²) in [6.45, 7) is 4.08. The van der Waals surface area contributed by atoms with E-state index in [2.05, 4.69) is 39.8 Å². The first kappa shape index (κ1) is 18.0. The van der Waals surface area contributed by atoms with Gasteiger partial charge in [0.05, 0.1) is 39.0 Å². The van der Waals surface area contributed by atoms with Crippen molar-refractivity contribution in [3.8, 4) is 0 Å². The zero-order valence-electron chi connectivity index (χ0n) is 14.9. The van der Waals surface area contributed by atoms with Crippen LogP contribution in [-0.2, 0) is 9.59 Å². The summed E-state index contributed by atoms with van der Waals surface area (Å²) in [6.07, 6.45) is 1.64. The van der Waals surface area contributed by atoms with Crippen LogP contribution < -0.4 is 20.4 Å². The summed E-state index contributed by atoms with van der Waals surface area (Å²) >= 11 is 0. The Kier molecular flexibility index (Phi) is 5.91. The van der Waals surface area contributed by atoms with Crippen LogP contribution in [0, 0.1) is 0 Å². The van der Waals surface area contributed by atoms with E-state index in [0.29, 0.717) is 6.54 Å². The Morgan fingerprint density at radius 3 is 2.46 bits per heavy atom. The molecule has 0 saturated carbocycles. The number of hydrogen-bond donors (Lipinski definition) is 3. The first-order valence-corrected chi connectivity index (χ1v) is 8.87. The number of rotatable bonds is 5. The van der Waals surface area contributed by atoms with Crippen molar-refractivity contribution in [3.05, 3.63) is 54.5 Å². The molecular formula is C19H25N4O3+. The molecule has 1 aliphatic heterocycles. The molecule has 0 radical (unpaired) electrons. The van der Waals surface area contributed by atoms with Crippen LogP contribution in [-0.4, -0.2) is 51.6 Å². The molecule has 1 fully saturated rings. The fourth-order valence-corrected chi connectivity index (χ4v) is 3.36. The van der Waals surface area contributed by atoms with Gasteiger partial charge in [-0.05, 0) is 24.3 Å². The van der Waals surface area contributed by atoms with Crippen LogP contribution in [0.1, 0.15) is 11.8 Å². The molecule has 1 aliphatic rings. The van der Waals surface area contributed by atoms with Crippen molar-refractivity contribution in [1.82, 2.24) is 10.6 Å². The van der Waals surface area contributed by atoms with Gasteiger partial charge in [-0.15, -0.1) is 0 Å². The molecule has 1 atom stereocenters. The van der Waals surface area contributed by atoms with Crippen molar-refractivity contribution >= 4 is 17.5 Å². The summed E-state index contributed by atoms with van der Waals surface area (Å²) in [5, 5.41) is 5.06. The van der Waals surface area contributed by atoms with E-state index in [1.54, 1.807) is 6.26 Å². The molecule has 7 heteroatoms. The van der Waals surface area contributed by atoms with Crippen LogP contribution in [0.25, 0.3) is 0 Å². The third-order valence-corrected chi connectivity index (χ3v) is 4.81. The van der Waals surface area contributed by atoms with E-state index >= 15 is 0 Å². The standard InChI is InChI=1S/C19H24N4O3/c1-20-18(24)19(25)21-14-16(17-8-5-13-26-17)23-11-9-22(10-12-23)15-6-3-2-4-7-15/h2-8,13,16H,9-12,14H2,1H3,(H,20,24)(H,21,25)/p+1/t16-/m1/s1. The molecule has 2 amide bonds. The zero-order valence-corrected chi connectivity index (χ0v) is 14.9. The topological polar surface area (TPSA) is 79.0 Å². The van der Waals surface area contributed by atoms with Crippen LogP contribution in [0.3, 0.4) is 0 Å². The molecule has 3 N–H and O–H groups in total. The lowest BCUT2D eigenvalue weighted by atomic mass is 10.1. The van der Waals surface area contributed by atoms with Gasteiger partial charge in [0.2, 0.25) is 0 Å². The van der Waals surface area contributed by atoms with E-state index in [1.165, 1.54) is 17.6 Å². The first-order valence-electron chi connectivity index (χ1n) is 8.87. The highest BCUT2D eigenvalue weighted by Gasteiger charge is 2.31. The van der Waals surface area contributed by atoms with Crippen LogP contribution in [0.2, 0.25) is 0 Å². The highest BCUT2D eigenvalue weighted by molar-refractivity contribution is 6.35. The number of amides is 2. The predicted molar refractivity (Wildman–Crippen MR) is 97.9 cm³/mol. The quantitative estimate of drug-likeness (QED) is 0.636. The summed E-state index contributed by atoms with van der Waals surface area (Å²) in [6, 6.07) is 14.1. The Bertz CT molecular complexity index is 710. The lowest BCUT2D eigenvalue weighted by Crippen LogP contribution is -3.15. The summed E-state index contributed by atoms with van der Waals surface area (Å²) < 4.78 is 5.59. The second-order valence-electron chi connectivity index (χ2n) is 6.34.